The molecule has 0 spiro atoms. The zero-order valence-electron chi connectivity index (χ0n) is 20.5. The van der Waals surface area contributed by atoms with Crippen LogP contribution in [0.5, 0.6) is 17.2 Å². The fourth-order valence-electron chi connectivity index (χ4n) is 4.48. The van der Waals surface area contributed by atoms with Gasteiger partial charge in [-0.1, -0.05) is 25.1 Å². The van der Waals surface area contributed by atoms with E-state index < -0.39 is 23.7 Å². The number of esters is 1. The molecule has 2 N–H and O–H groups in total. The van der Waals surface area contributed by atoms with Crippen LogP contribution in [0.4, 0.5) is 5.69 Å². The van der Waals surface area contributed by atoms with Crippen LogP contribution in [0.2, 0.25) is 0 Å². The third-order valence-corrected chi connectivity index (χ3v) is 6.27. The highest BCUT2D eigenvalue weighted by Gasteiger charge is 2.47. The molecule has 1 atom stereocenters. The number of aliphatic hydroxyl groups excluding tert-OH is 1. The Hall–Kier alpha value is -4.79. The van der Waals surface area contributed by atoms with Gasteiger partial charge < -0.3 is 24.4 Å². The summed E-state index contributed by atoms with van der Waals surface area (Å²) in [5, 5.41) is 21.2. The first-order valence-corrected chi connectivity index (χ1v) is 12.2. The molecule has 0 bridgehead atoms. The fourth-order valence-corrected chi connectivity index (χ4v) is 4.48. The minimum atomic E-state index is -1.04. The summed E-state index contributed by atoms with van der Waals surface area (Å²) in [6, 6.07) is 15.9. The molecule has 0 radical (unpaired) electrons. The Morgan fingerprint density at radius 2 is 1.71 bits per heavy atom. The van der Waals surface area contributed by atoms with Crippen LogP contribution in [0.15, 0.2) is 72.3 Å². The number of phenolic OH excluding ortho intramolecular Hbond substituents is 1. The van der Waals surface area contributed by atoms with E-state index in [1.807, 2.05) is 6.92 Å². The summed E-state index contributed by atoms with van der Waals surface area (Å²) in [6.45, 7) is 2.86. The third kappa shape index (κ3) is 4.54. The van der Waals surface area contributed by atoms with E-state index in [9.17, 15) is 24.6 Å². The number of carbonyl (C=O) groups is 3. The molecular formula is C29H25NO8. The van der Waals surface area contributed by atoms with E-state index in [-0.39, 0.29) is 40.5 Å². The second kappa shape index (κ2) is 10.3. The Labute approximate surface area is 218 Å². The lowest BCUT2D eigenvalue weighted by molar-refractivity contribution is -0.132. The number of aromatic hydroxyl groups is 1. The second-order valence-electron chi connectivity index (χ2n) is 8.81. The molecular weight excluding hydrogens is 490 g/mol. The molecule has 0 saturated carbocycles. The van der Waals surface area contributed by atoms with Gasteiger partial charge in [0.1, 0.15) is 24.7 Å². The lowest BCUT2D eigenvalue weighted by atomic mass is 9.95. The molecule has 2 aliphatic rings. The largest absolute Gasteiger partial charge is 0.508 e. The predicted octanol–water partition coefficient (Wildman–Crippen LogP) is 4.36. The maximum absolute atomic E-state index is 13.4. The van der Waals surface area contributed by atoms with Crippen molar-refractivity contribution in [1.29, 1.82) is 0 Å². The molecule has 9 nitrogen and oxygen atoms in total. The van der Waals surface area contributed by atoms with Crippen LogP contribution in [-0.2, 0) is 14.3 Å². The number of hydrogen-bond donors (Lipinski definition) is 2. The maximum atomic E-state index is 13.4. The molecule has 3 aromatic carbocycles. The highest BCUT2D eigenvalue weighted by molar-refractivity contribution is 6.51. The molecule has 0 aromatic heterocycles. The normalized spacial score (nSPS) is 17.9. The smallest absolute Gasteiger partial charge is 0.338 e. The third-order valence-electron chi connectivity index (χ3n) is 6.27. The first-order chi connectivity index (χ1) is 18.4. The van der Waals surface area contributed by atoms with E-state index >= 15 is 0 Å². The van der Waals surface area contributed by atoms with Crippen LogP contribution in [0.1, 0.15) is 40.9 Å². The summed E-state index contributed by atoms with van der Waals surface area (Å²) in [5.41, 5.74) is 1.09. The van der Waals surface area contributed by atoms with E-state index in [2.05, 4.69) is 0 Å². The topological polar surface area (TPSA) is 123 Å². The number of hydrogen-bond acceptors (Lipinski definition) is 8. The molecule has 2 heterocycles. The van der Waals surface area contributed by atoms with Crippen molar-refractivity contribution in [3.63, 3.8) is 0 Å². The number of rotatable bonds is 6. The van der Waals surface area contributed by atoms with Crippen LogP contribution < -0.4 is 14.4 Å². The quantitative estimate of drug-likeness (QED) is 0.215. The van der Waals surface area contributed by atoms with Crippen LogP contribution in [-0.4, -0.2) is 47.7 Å². The second-order valence-corrected chi connectivity index (χ2v) is 8.81. The Morgan fingerprint density at radius 1 is 0.974 bits per heavy atom. The summed E-state index contributed by atoms with van der Waals surface area (Å²) in [6.07, 6.45) is 0.654. The van der Waals surface area contributed by atoms with Gasteiger partial charge in [-0.2, -0.15) is 0 Å². The number of aliphatic hydroxyl groups is 1. The zero-order valence-corrected chi connectivity index (χ0v) is 20.5. The molecule has 3 aromatic rings. The molecule has 194 valence electrons. The number of Topliss-reactive ketones (excluding diaryl/α,β-unsaturated/α-hetero) is 1. The van der Waals surface area contributed by atoms with Gasteiger partial charge in [0.05, 0.1) is 23.8 Å². The van der Waals surface area contributed by atoms with Crippen molar-refractivity contribution >= 4 is 29.1 Å². The molecule has 9 heteroatoms. The van der Waals surface area contributed by atoms with E-state index in [4.69, 9.17) is 14.2 Å². The summed E-state index contributed by atoms with van der Waals surface area (Å²) < 4.78 is 16.4. The van der Waals surface area contributed by atoms with Gasteiger partial charge in [0, 0.05) is 11.3 Å². The number of ether oxygens (including phenoxy) is 3. The summed E-state index contributed by atoms with van der Waals surface area (Å²) in [4.78, 5) is 40.5. The van der Waals surface area contributed by atoms with Gasteiger partial charge in [-0.25, -0.2) is 4.79 Å². The highest BCUT2D eigenvalue weighted by Crippen LogP contribution is 2.43. The molecule has 1 unspecified atom stereocenters. The van der Waals surface area contributed by atoms with Crippen LogP contribution in [0.25, 0.3) is 5.76 Å². The van der Waals surface area contributed by atoms with E-state index in [1.54, 1.807) is 48.5 Å². The lowest BCUT2D eigenvalue weighted by Crippen LogP contribution is -2.29. The highest BCUT2D eigenvalue weighted by atomic mass is 16.6. The molecule has 2 aliphatic heterocycles. The number of benzene rings is 3. The first-order valence-electron chi connectivity index (χ1n) is 12.2. The van der Waals surface area contributed by atoms with Gasteiger partial charge in [-0.05, 0) is 60.5 Å². The molecule has 0 aliphatic carbocycles. The van der Waals surface area contributed by atoms with Gasteiger partial charge in [-0.3, -0.25) is 14.5 Å². The Balaban J connectivity index is 1.64. The lowest BCUT2D eigenvalue weighted by Gasteiger charge is -2.26. The van der Waals surface area contributed by atoms with Crippen LogP contribution >= 0.6 is 0 Å². The Kier molecular flexibility index (Phi) is 6.74. The molecule has 38 heavy (non-hydrogen) atoms. The van der Waals surface area contributed by atoms with Crippen molar-refractivity contribution < 1.29 is 38.8 Å². The van der Waals surface area contributed by atoms with E-state index in [0.29, 0.717) is 36.7 Å². The number of phenols is 1. The van der Waals surface area contributed by atoms with Crippen molar-refractivity contribution in [2.75, 3.05) is 24.7 Å². The van der Waals surface area contributed by atoms with Gasteiger partial charge in [-0.15, -0.1) is 0 Å². The van der Waals surface area contributed by atoms with Crippen molar-refractivity contribution in [3.05, 3.63) is 89.0 Å². The summed E-state index contributed by atoms with van der Waals surface area (Å²) in [5.74, 6) is -1.79. The SMILES string of the molecule is CCCOC(=O)c1cccc(N2C(=O)C(=O)/C(=C(\O)c3ccc4c(c3)OCCO4)C2c2ccc(O)cc2)c1. The van der Waals surface area contributed by atoms with Crippen molar-refractivity contribution in [1.82, 2.24) is 0 Å². The number of carbonyl (C=O) groups excluding carboxylic acids is 3. The molecule has 1 amide bonds. The molecule has 1 saturated heterocycles. The standard InChI is InChI=1S/C29H25NO8/c1-2-12-38-29(35)19-4-3-5-20(15-19)30-25(17-6-9-21(31)10-7-17)24(27(33)28(30)34)26(32)18-8-11-22-23(16-18)37-14-13-36-22/h3-11,15-16,25,31-32H,2,12-14H2,1H3/b26-24-. The van der Waals surface area contributed by atoms with Gasteiger partial charge in [0.15, 0.2) is 11.5 Å². The minimum absolute atomic E-state index is 0.00166. The van der Waals surface area contributed by atoms with Crippen LogP contribution in [0, 0.1) is 0 Å². The molecule has 5 rings (SSSR count). The number of amides is 1. The first kappa shape index (κ1) is 24.9. The van der Waals surface area contributed by atoms with Gasteiger partial charge in [0.25, 0.3) is 11.7 Å². The molecule has 1 fully saturated rings. The van der Waals surface area contributed by atoms with Crippen molar-refractivity contribution in [3.8, 4) is 17.2 Å². The van der Waals surface area contributed by atoms with Crippen molar-refractivity contribution in [2.24, 2.45) is 0 Å². The predicted molar refractivity (Wildman–Crippen MR) is 137 cm³/mol. The minimum Gasteiger partial charge on any atom is -0.508 e. The fraction of sp³-hybridized carbons (Fsp3) is 0.207. The van der Waals surface area contributed by atoms with Crippen LogP contribution in [0.3, 0.4) is 0 Å². The average molecular weight is 516 g/mol. The average Bonchev–Trinajstić information content (AvgIpc) is 3.21. The number of fused-ring (bicyclic) bond motifs is 1. The monoisotopic (exact) mass is 515 g/mol. The van der Waals surface area contributed by atoms with Crippen molar-refractivity contribution in [2.45, 2.75) is 19.4 Å². The number of anilines is 1. The Bertz CT molecular complexity index is 1440. The number of ketones is 1. The van der Waals surface area contributed by atoms with Gasteiger partial charge >= 0.3 is 5.97 Å². The summed E-state index contributed by atoms with van der Waals surface area (Å²) in [7, 11) is 0. The van der Waals surface area contributed by atoms with Gasteiger partial charge in [0.2, 0.25) is 0 Å². The zero-order chi connectivity index (χ0) is 26.8. The van der Waals surface area contributed by atoms with E-state index in [0.717, 1.165) is 0 Å². The van der Waals surface area contributed by atoms with E-state index in [1.165, 1.54) is 23.1 Å². The number of nitrogens with zero attached hydrogens (tertiary/aromatic N) is 1. The Morgan fingerprint density at radius 3 is 2.45 bits per heavy atom. The maximum Gasteiger partial charge on any atom is 0.338 e. The summed E-state index contributed by atoms with van der Waals surface area (Å²) >= 11 is 0.